The molecule has 0 fully saturated rings. The van der Waals surface area contributed by atoms with Gasteiger partial charge in [-0.15, -0.1) is 0 Å². The molecule has 3 unspecified atom stereocenters. The number of nitrogens with zero attached hydrogens (tertiary/aromatic N) is 1. The van der Waals surface area contributed by atoms with Crippen molar-refractivity contribution in [3.63, 3.8) is 0 Å². The number of quaternary nitrogens is 1. The minimum absolute atomic E-state index is 0.0587. The molecule has 0 aromatic heterocycles. The van der Waals surface area contributed by atoms with Gasteiger partial charge >= 0.3 is 44.4 Å². The van der Waals surface area contributed by atoms with Gasteiger partial charge in [-0.1, -0.05) is 27.7 Å². The molecule has 3 rings (SSSR count). The first-order valence-electron chi connectivity index (χ1n) is 20.8. The highest BCUT2D eigenvalue weighted by Gasteiger charge is 2.64. The smallest absolute Gasteiger partial charge is 0.490 e. The van der Waals surface area contributed by atoms with Crippen molar-refractivity contribution in [2.75, 3.05) is 26.4 Å². The van der Waals surface area contributed by atoms with Gasteiger partial charge in [0, 0.05) is 19.3 Å². The molecule has 68 heavy (non-hydrogen) atoms. The lowest BCUT2D eigenvalue weighted by Gasteiger charge is -2.58. The fraction of sp³-hybridized carbons (Fsp3) is 0.571. The Hall–Kier alpha value is -4.30. The van der Waals surface area contributed by atoms with Gasteiger partial charge < -0.3 is 28.2 Å². The molecule has 26 heteroatoms. The zero-order valence-electron chi connectivity index (χ0n) is 37.2. The fourth-order valence-electron chi connectivity index (χ4n) is 8.13. The molecular weight excluding hydrogens is 967 g/mol. The third-order valence-electron chi connectivity index (χ3n) is 10.5. The van der Waals surface area contributed by atoms with Crippen molar-refractivity contribution in [3.8, 4) is 17.2 Å². The normalized spacial score (nSPS) is 15.9. The summed E-state index contributed by atoms with van der Waals surface area (Å²) in [5.74, 6) is -4.94. The van der Waals surface area contributed by atoms with E-state index in [9.17, 15) is 65.9 Å². The van der Waals surface area contributed by atoms with Crippen molar-refractivity contribution in [1.82, 2.24) is 0 Å². The van der Waals surface area contributed by atoms with Crippen molar-refractivity contribution >= 4 is 7.32 Å². The van der Waals surface area contributed by atoms with E-state index in [1.54, 1.807) is 20.8 Å². The van der Waals surface area contributed by atoms with Crippen LogP contribution in [0.5, 0.6) is 17.2 Å². The van der Waals surface area contributed by atoms with Crippen LogP contribution in [-0.2, 0) is 57.0 Å². The number of halogens is 18. The molecule has 0 bridgehead atoms. The minimum atomic E-state index is -5.85. The maximum atomic E-state index is 15.8. The van der Waals surface area contributed by atoms with Crippen molar-refractivity contribution in [2.45, 2.75) is 129 Å². The second-order valence-corrected chi connectivity index (χ2v) is 14.9. The summed E-state index contributed by atoms with van der Waals surface area (Å²) in [6, 6.07) is -2.03. The van der Waals surface area contributed by atoms with E-state index in [0.29, 0.717) is 0 Å². The van der Waals surface area contributed by atoms with Crippen LogP contribution in [0.3, 0.4) is 0 Å². The molecule has 7 nitrogen and oxygen atoms in total. The number of alkyl halides is 18. The second kappa shape index (κ2) is 21.8. The van der Waals surface area contributed by atoms with Crippen LogP contribution in [0.15, 0.2) is 48.5 Å². The number of hydrogen-bond donors (Lipinski definition) is 0. The van der Waals surface area contributed by atoms with Crippen molar-refractivity contribution in [2.24, 2.45) is 0 Å². The first-order chi connectivity index (χ1) is 31.1. The average Bonchev–Trinajstić information content (AvgIpc) is 3.21. The Morgan fingerprint density at radius 2 is 0.824 bits per heavy atom. The fourth-order valence-corrected chi connectivity index (χ4v) is 8.13. The van der Waals surface area contributed by atoms with Gasteiger partial charge in [-0.3, -0.25) is 0 Å². The maximum Gasteiger partial charge on any atom is 0.864 e. The molecule has 3 aromatic carbocycles. The summed E-state index contributed by atoms with van der Waals surface area (Å²) < 4.78 is 293. The molecule has 0 radical (unpaired) electrons. The maximum absolute atomic E-state index is 15.8. The molecule has 0 spiro atoms. The van der Waals surface area contributed by atoms with Crippen LogP contribution >= 0.6 is 0 Å². The Kier molecular flexibility index (Phi) is 18.6. The lowest BCUT2D eigenvalue weighted by Crippen LogP contribution is -2.73. The molecular formula is C42H47BF18NO6+. The van der Waals surface area contributed by atoms with E-state index < -0.39 is 148 Å². The SMILES string of the molecule is CCC[N+](C(CC)OCC)(C(CC)OCC)C(CC)(OCC)c1c(OB(Oc2cc(C(F)(F)F)cc(C(F)(F)F)c2)Oc2cc(C(F)(F)F)cc(C(F)(F)F)c2)cc(C(F)(F)F)cc1C(F)(F)F. The molecule has 3 atom stereocenters. The highest BCUT2D eigenvalue weighted by Crippen LogP contribution is 2.55. The van der Waals surface area contributed by atoms with E-state index in [1.165, 1.54) is 27.7 Å². The number of ether oxygens (including phenoxy) is 3. The van der Waals surface area contributed by atoms with Crippen LogP contribution in [0.2, 0.25) is 0 Å². The van der Waals surface area contributed by atoms with E-state index in [1.807, 2.05) is 0 Å². The molecule has 0 aliphatic heterocycles. The largest absolute Gasteiger partial charge is 0.864 e. The molecule has 0 heterocycles. The zero-order valence-corrected chi connectivity index (χ0v) is 37.2. The standard InChI is InChI=1S/C42H47BF18NO6/c1-8-15-62(33(9-2)63-12-5,34(10-3)64-13-6)36(11-4,65-14-7)35-31(42(59,60)61)22-28(41(56,57)58)23-32(35)68-43(66-29-18-24(37(44,45)46)16-25(19-29)38(47,48)49)67-30-20-26(39(50,51)52)17-27(21-30)40(53,54)55/h16-23,33-34H,8-15H2,1-7H3/q+1. The molecule has 0 N–H and O–H groups in total. The van der Waals surface area contributed by atoms with Crippen molar-refractivity contribution in [3.05, 3.63) is 87.5 Å². The van der Waals surface area contributed by atoms with Crippen LogP contribution in [0, 0.1) is 0 Å². The average molecular weight is 1010 g/mol. The van der Waals surface area contributed by atoms with Gasteiger partial charge in [-0.05, 0) is 75.7 Å². The predicted octanol–water partition coefficient (Wildman–Crippen LogP) is 14.7. The first-order valence-corrected chi connectivity index (χ1v) is 20.8. The molecule has 0 aliphatic carbocycles. The summed E-state index contributed by atoms with van der Waals surface area (Å²) in [6.07, 6.45) is -37.4. The Morgan fingerprint density at radius 3 is 1.10 bits per heavy atom. The van der Waals surface area contributed by atoms with Crippen molar-refractivity contribution < 1.29 is 112 Å². The number of rotatable bonds is 21. The molecule has 0 saturated heterocycles. The third kappa shape index (κ3) is 13.1. The van der Waals surface area contributed by atoms with E-state index in [-0.39, 0.29) is 75.4 Å². The highest BCUT2D eigenvalue weighted by molar-refractivity contribution is 6.39. The first kappa shape index (κ1) is 58.0. The van der Waals surface area contributed by atoms with E-state index in [2.05, 4.69) is 0 Å². The predicted molar refractivity (Wildman–Crippen MR) is 207 cm³/mol. The molecule has 0 saturated carbocycles. The molecule has 3 aromatic rings. The zero-order chi connectivity index (χ0) is 52.1. The lowest BCUT2D eigenvalue weighted by atomic mass is 9.85. The Balaban J connectivity index is 2.77. The number of benzene rings is 3. The number of hydrogen-bond acceptors (Lipinski definition) is 6. The molecule has 0 amide bonds. The van der Waals surface area contributed by atoms with Crippen molar-refractivity contribution in [1.29, 1.82) is 0 Å². The quantitative estimate of drug-likeness (QED) is 0.0459. The monoisotopic (exact) mass is 1010 g/mol. The molecule has 0 aliphatic rings. The van der Waals surface area contributed by atoms with Gasteiger partial charge in [0.2, 0.25) is 5.72 Å². The van der Waals surface area contributed by atoms with E-state index in [0.717, 1.165) is 0 Å². The van der Waals surface area contributed by atoms with Gasteiger partial charge in [-0.25, -0.2) is 4.48 Å². The summed E-state index contributed by atoms with van der Waals surface area (Å²) in [7, 11) is -3.42. The van der Waals surface area contributed by atoms with E-state index in [4.69, 9.17) is 28.2 Å². The lowest BCUT2D eigenvalue weighted by molar-refractivity contribution is -1.08. The molecule has 384 valence electrons. The summed E-state index contributed by atoms with van der Waals surface area (Å²) in [6.45, 7) is 9.20. The summed E-state index contributed by atoms with van der Waals surface area (Å²) in [4.78, 5) is 0. The topological polar surface area (TPSA) is 55.4 Å². The Bertz CT molecular complexity index is 1960. The van der Waals surface area contributed by atoms with Gasteiger partial charge in [0.15, 0.2) is 12.5 Å². The van der Waals surface area contributed by atoms with Gasteiger partial charge in [0.1, 0.15) is 17.2 Å². The van der Waals surface area contributed by atoms with Crippen LogP contribution < -0.4 is 14.0 Å². The Morgan fingerprint density at radius 1 is 0.456 bits per heavy atom. The van der Waals surface area contributed by atoms with Crippen LogP contribution in [0.25, 0.3) is 0 Å². The third-order valence-corrected chi connectivity index (χ3v) is 10.5. The van der Waals surface area contributed by atoms with Gasteiger partial charge in [0.05, 0.1) is 65.3 Å². The summed E-state index contributed by atoms with van der Waals surface area (Å²) >= 11 is 0. The van der Waals surface area contributed by atoms with Crippen LogP contribution in [-0.4, -0.2) is 50.6 Å². The summed E-state index contributed by atoms with van der Waals surface area (Å²) in [5, 5.41) is 0. The Labute approximate surface area is 379 Å². The van der Waals surface area contributed by atoms with E-state index >= 15 is 13.2 Å². The van der Waals surface area contributed by atoms with Crippen LogP contribution in [0.4, 0.5) is 79.0 Å². The van der Waals surface area contributed by atoms with Gasteiger partial charge in [-0.2, -0.15) is 79.0 Å². The second-order valence-electron chi connectivity index (χ2n) is 14.9. The summed E-state index contributed by atoms with van der Waals surface area (Å²) in [5.41, 5.74) is -16.9. The van der Waals surface area contributed by atoms with Gasteiger partial charge in [0.25, 0.3) is 0 Å². The highest BCUT2D eigenvalue weighted by atomic mass is 19.4. The van der Waals surface area contributed by atoms with Crippen LogP contribution in [0.1, 0.15) is 113 Å². The minimum Gasteiger partial charge on any atom is -0.490 e.